The molecular formula is C30H39BrN2O6. The molecule has 1 spiro atoms. The van der Waals surface area contributed by atoms with Gasteiger partial charge in [0.2, 0.25) is 11.8 Å². The van der Waals surface area contributed by atoms with Crippen LogP contribution in [0.25, 0.3) is 0 Å². The first kappa shape index (κ1) is 28.3. The zero-order valence-corrected chi connectivity index (χ0v) is 24.1. The third kappa shape index (κ3) is 4.84. The molecule has 7 atom stereocenters. The van der Waals surface area contributed by atoms with E-state index >= 15 is 0 Å². The third-order valence-corrected chi connectivity index (χ3v) is 9.91. The molecule has 212 valence electrons. The molecule has 1 aromatic carbocycles. The number of carbonyl (C=O) groups is 3. The number of carbonyl (C=O) groups excluding carboxylic acids is 3. The molecule has 5 rings (SSSR count). The standard InChI is InChI=1S/C30H39BrN2O6/c1-3-15-32(20-13-9-6-10-14-20)28(36)26-30-17-22(31)25(39-30)23(29(37)38-4-2)24(30)27(35)33(26)21(18-34)16-19-11-7-5-8-12-19/h3,5,7-8,11-12,20-26,34H,1,4,6,9-10,13-18H2,2H3/t21-,22?,23-,24+,25-,26?,30?/m1/s1. The van der Waals surface area contributed by atoms with Gasteiger partial charge in [-0.2, -0.15) is 0 Å². The van der Waals surface area contributed by atoms with E-state index in [4.69, 9.17) is 9.47 Å². The summed E-state index contributed by atoms with van der Waals surface area (Å²) in [6.45, 7) is 5.89. The van der Waals surface area contributed by atoms with Crippen molar-refractivity contribution < 1.29 is 29.0 Å². The maximum absolute atomic E-state index is 14.7. The first-order valence-electron chi connectivity index (χ1n) is 14.2. The lowest BCUT2D eigenvalue weighted by atomic mass is 9.70. The van der Waals surface area contributed by atoms with E-state index in [2.05, 4.69) is 22.5 Å². The van der Waals surface area contributed by atoms with E-state index in [0.717, 1.165) is 37.7 Å². The summed E-state index contributed by atoms with van der Waals surface area (Å²) in [6.07, 6.45) is 7.03. The van der Waals surface area contributed by atoms with Gasteiger partial charge in [0.15, 0.2) is 0 Å². The molecule has 3 aliphatic heterocycles. The highest BCUT2D eigenvalue weighted by Crippen LogP contribution is 2.61. The van der Waals surface area contributed by atoms with E-state index in [0.29, 0.717) is 19.4 Å². The van der Waals surface area contributed by atoms with Crippen LogP contribution in [-0.2, 0) is 30.3 Å². The number of esters is 1. The summed E-state index contributed by atoms with van der Waals surface area (Å²) in [5.41, 5.74) is -0.228. The van der Waals surface area contributed by atoms with Gasteiger partial charge in [0.05, 0.1) is 37.2 Å². The van der Waals surface area contributed by atoms with Crippen molar-refractivity contribution in [2.75, 3.05) is 19.8 Å². The Balaban J connectivity index is 1.58. The van der Waals surface area contributed by atoms with Crippen LogP contribution in [0.5, 0.6) is 0 Å². The van der Waals surface area contributed by atoms with Gasteiger partial charge in [-0.15, -0.1) is 6.58 Å². The molecule has 9 heteroatoms. The Hall–Kier alpha value is -2.23. The Labute approximate surface area is 238 Å². The molecule has 1 aliphatic carbocycles. The van der Waals surface area contributed by atoms with Gasteiger partial charge in [0.1, 0.15) is 11.6 Å². The van der Waals surface area contributed by atoms with Crippen LogP contribution in [-0.4, -0.2) is 87.1 Å². The quantitative estimate of drug-likeness (QED) is 0.251. The number of nitrogens with zero attached hydrogens (tertiary/aromatic N) is 2. The van der Waals surface area contributed by atoms with Gasteiger partial charge >= 0.3 is 5.97 Å². The van der Waals surface area contributed by atoms with Crippen molar-refractivity contribution >= 4 is 33.7 Å². The second kappa shape index (κ2) is 11.7. The van der Waals surface area contributed by atoms with Crippen molar-refractivity contribution in [1.82, 2.24) is 9.80 Å². The summed E-state index contributed by atoms with van der Waals surface area (Å²) < 4.78 is 12.0. The van der Waals surface area contributed by atoms with Crippen LogP contribution in [0.1, 0.15) is 51.0 Å². The summed E-state index contributed by atoms with van der Waals surface area (Å²) in [7, 11) is 0. The summed E-state index contributed by atoms with van der Waals surface area (Å²) in [4.78, 5) is 45.5. The number of fused-ring (bicyclic) bond motifs is 1. The smallest absolute Gasteiger partial charge is 0.312 e. The van der Waals surface area contributed by atoms with Crippen LogP contribution in [0, 0.1) is 11.8 Å². The van der Waals surface area contributed by atoms with Crippen molar-refractivity contribution in [3.05, 3.63) is 48.6 Å². The summed E-state index contributed by atoms with van der Waals surface area (Å²) in [5, 5.41) is 10.6. The van der Waals surface area contributed by atoms with Gasteiger partial charge in [0.25, 0.3) is 0 Å². The van der Waals surface area contributed by atoms with Gasteiger partial charge in [-0.25, -0.2) is 0 Å². The number of likely N-dealkylation sites (tertiary alicyclic amines) is 1. The minimum atomic E-state index is -1.18. The van der Waals surface area contributed by atoms with Crippen LogP contribution < -0.4 is 0 Å². The van der Waals surface area contributed by atoms with Gasteiger partial charge < -0.3 is 24.4 Å². The average molecular weight is 604 g/mol. The normalized spacial score (nSPS) is 32.6. The van der Waals surface area contributed by atoms with Gasteiger partial charge in [-0.05, 0) is 38.2 Å². The van der Waals surface area contributed by atoms with E-state index in [1.54, 1.807) is 17.9 Å². The number of halogens is 1. The predicted octanol–water partition coefficient (Wildman–Crippen LogP) is 3.25. The summed E-state index contributed by atoms with van der Waals surface area (Å²) in [5.74, 6) is -2.63. The van der Waals surface area contributed by atoms with Gasteiger partial charge in [-0.1, -0.05) is 71.6 Å². The van der Waals surface area contributed by atoms with Crippen molar-refractivity contribution in [2.45, 2.75) is 86.5 Å². The second-order valence-electron chi connectivity index (χ2n) is 11.3. The minimum absolute atomic E-state index is 0.0533. The molecule has 2 bridgehead atoms. The number of hydrogen-bond acceptors (Lipinski definition) is 6. The molecule has 2 amide bonds. The minimum Gasteiger partial charge on any atom is -0.466 e. The number of amides is 2. The maximum Gasteiger partial charge on any atom is 0.312 e. The average Bonchev–Trinajstić information content (AvgIpc) is 3.54. The number of alkyl halides is 1. The van der Waals surface area contributed by atoms with E-state index in [1.807, 2.05) is 35.2 Å². The molecular weight excluding hydrogens is 564 g/mol. The maximum atomic E-state index is 14.7. The lowest BCUT2D eigenvalue weighted by molar-refractivity contribution is -0.156. The Morgan fingerprint density at radius 2 is 2.00 bits per heavy atom. The third-order valence-electron chi connectivity index (χ3n) is 9.06. The fourth-order valence-corrected chi connectivity index (χ4v) is 8.44. The number of aliphatic hydroxyl groups is 1. The molecule has 4 fully saturated rings. The molecule has 0 radical (unpaired) electrons. The van der Waals surface area contributed by atoms with Crippen LogP contribution >= 0.6 is 15.9 Å². The van der Waals surface area contributed by atoms with Gasteiger partial charge in [-0.3, -0.25) is 14.4 Å². The molecule has 1 aromatic rings. The van der Waals surface area contributed by atoms with Crippen molar-refractivity contribution in [1.29, 1.82) is 0 Å². The summed E-state index contributed by atoms with van der Waals surface area (Å²) >= 11 is 3.70. The SMILES string of the molecule is C=CCN(C(=O)C1N([C@@H](CO)Cc2ccccc2)C(=O)[C@@H]2[C@@H](C(=O)OCC)[C@@H]3OC12CC3Br)C1CCCCC1. The largest absolute Gasteiger partial charge is 0.466 e. The first-order chi connectivity index (χ1) is 18.9. The number of benzene rings is 1. The zero-order valence-electron chi connectivity index (χ0n) is 22.5. The summed E-state index contributed by atoms with van der Waals surface area (Å²) in [6, 6.07) is 8.09. The number of hydrogen-bond donors (Lipinski definition) is 1. The molecule has 8 nitrogen and oxygen atoms in total. The molecule has 4 aliphatic rings. The highest BCUT2D eigenvalue weighted by Gasteiger charge is 2.77. The molecule has 1 N–H and O–H groups in total. The van der Waals surface area contributed by atoms with Crippen molar-refractivity contribution in [3.8, 4) is 0 Å². The molecule has 3 unspecified atom stereocenters. The highest BCUT2D eigenvalue weighted by molar-refractivity contribution is 9.09. The Morgan fingerprint density at radius 1 is 1.28 bits per heavy atom. The Morgan fingerprint density at radius 3 is 2.64 bits per heavy atom. The fourth-order valence-electron chi connectivity index (χ4n) is 7.49. The molecule has 1 saturated carbocycles. The number of rotatable bonds is 10. The van der Waals surface area contributed by atoms with E-state index in [9.17, 15) is 19.5 Å². The van der Waals surface area contributed by atoms with Crippen molar-refractivity contribution in [2.24, 2.45) is 11.8 Å². The second-order valence-corrected chi connectivity index (χ2v) is 12.4. The molecule has 3 heterocycles. The van der Waals surface area contributed by atoms with Crippen LogP contribution in [0.3, 0.4) is 0 Å². The Bertz CT molecular complexity index is 1080. The van der Waals surface area contributed by atoms with E-state index in [-0.39, 0.29) is 35.9 Å². The number of ether oxygens (including phenoxy) is 2. The predicted molar refractivity (Wildman–Crippen MR) is 149 cm³/mol. The molecule has 39 heavy (non-hydrogen) atoms. The van der Waals surface area contributed by atoms with Crippen LogP contribution in [0.4, 0.5) is 0 Å². The Kier molecular flexibility index (Phi) is 8.50. The first-order valence-corrected chi connectivity index (χ1v) is 15.2. The highest BCUT2D eigenvalue weighted by atomic mass is 79.9. The topological polar surface area (TPSA) is 96.4 Å². The van der Waals surface area contributed by atoms with E-state index in [1.165, 1.54) is 0 Å². The van der Waals surface area contributed by atoms with Crippen molar-refractivity contribution in [3.63, 3.8) is 0 Å². The van der Waals surface area contributed by atoms with E-state index < -0.39 is 41.6 Å². The molecule has 3 saturated heterocycles. The van der Waals surface area contributed by atoms with Crippen LogP contribution in [0.2, 0.25) is 0 Å². The number of aliphatic hydroxyl groups excluding tert-OH is 1. The van der Waals surface area contributed by atoms with Gasteiger partial charge in [0, 0.05) is 17.4 Å². The zero-order chi connectivity index (χ0) is 27.7. The lowest BCUT2D eigenvalue weighted by Gasteiger charge is -2.42. The fraction of sp³-hybridized carbons (Fsp3) is 0.633. The molecule has 0 aromatic heterocycles. The monoisotopic (exact) mass is 602 g/mol. The van der Waals surface area contributed by atoms with Crippen LogP contribution in [0.15, 0.2) is 43.0 Å². The lowest BCUT2D eigenvalue weighted by Crippen LogP contribution is -2.60.